The molecule has 17 heavy (non-hydrogen) atoms. The Kier molecular flexibility index (Phi) is 4.23. The van der Waals surface area contributed by atoms with Crippen LogP contribution in [0, 0.1) is 0 Å². The van der Waals surface area contributed by atoms with Crippen molar-refractivity contribution in [3.05, 3.63) is 0 Å². The molecule has 5 heteroatoms. The molecule has 3 N–H and O–H groups in total. The summed E-state index contributed by atoms with van der Waals surface area (Å²) in [5.41, 5.74) is 2.76. The minimum Gasteiger partial charge on any atom is -0.374 e. The summed E-state index contributed by atoms with van der Waals surface area (Å²) in [6, 6.07) is 0.706. The molecule has 0 spiro atoms. The smallest absolute Gasteiger partial charge is 0.209 e. The predicted octanol–water partition coefficient (Wildman–Crippen LogP) is 0.858. The van der Waals surface area contributed by atoms with Crippen LogP contribution in [0.4, 0.5) is 0 Å². The summed E-state index contributed by atoms with van der Waals surface area (Å²) in [6.45, 7) is 5.79. The quantitative estimate of drug-likeness (QED) is 0.309. The van der Waals surface area contributed by atoms with E-state index >= 15 is 0 Å². The summed E-state index contributed by atoms with van der Waals surface area (Å²) in [4.78, 5) is 6.86. The van der Waals surface area contributed by atoms with E-state index in [2.05, 4.69) is 29.2 Å². The van der Waals surface area contributed by atoms with Crippen molar-refractivity contribution in [1.29, 1.82) is 0 Å². The monoisotopic (exact) mass is 240 g/mol. The molecule has 0 aromatic heterocycles. The number of rotatable bonds is 1. The molecule has 1 aliphatic heterocycles. The van der Waals surface area contributed by atoms with Gasteiger partial charge in [0, 0.05) is 12.6 Å². The summed E-state index contributed by atoms with van der Waals surface area (Å²) in [5.74, 6) is 6.43. The number of aliphatic imine (C=N–C) groups is 1. The Bertz CT molecular complexity index is 278. The van der Waals surface area contributed by atoms with Gasteiger partial charge < -0.3 is 9.64 Å². The van der Waals surface area contributed by atoms with Gasteiger partial charge in [0.15, 0.2) is 0 Å². The van der Waals surface area contributed by atoms with Crippen molar-refractivity contribution in [2.75, 3.05) is 13.2 Å². The normalized spacial score (nSPS) is 30.4. The average molecular weight is 240 g/mol. The molecule has 1 saturated carbocycles. The Morgan fingerprint density at radius 1 is 1.41 bits per heavy atom. The molecule has 1 aliphatic carbocycles. The molecular formula is C12H24N4O. The second kappa shape index (κ2) is 5.69. The summed E-state index contributed by atoms with van der Waals surface area (Å²) in [6.07, 6.45) is 5.27. The molecule has 2 aliphatic rings. The molecule has 1 heterocycles. The third-order valence-electron chi connectivity index (χ3n) is 3.51. The van der Waals surface area contributed by atoms with Crippen molar-refractivity contribution in [2.24, 2.45) is 10.8 Å². The van der Waals surface area contributed by atoms with Gasteiger partial charge in [0.1, 0.15) is 0 Å². The van der Waals surface area contributed by atoms with Crippen LogP contribution in [0.1, 0.15) is 39.5 Å². The molecule has 2 rings (SSSR count). The van der Waals surface area contributed by atoms with E-state index < -0.39 is 0 Å². The van der Waals surface area contributed by atoms with E-state index in [-0.39, 0.29) is 6.04 Å². The van der Waals surface area contributed by atoms with Gasteiger partial charge in [-0.25, -0.2) is 10.8 Å². The zero-order valence-corrected chi connectivity index (χ0v) is 10.9. The van der Waals surface area contributed by atoms with Crippen molar-refractivity contribution in [1.82, 2.24) is 10.3 Å². The second-order valence-corrected chi connectivity index (χ2v) is 5.15. The lowest BCUT2D eigenvalue weighted by atomic mass is 9.90. The van der Waals surface area contributed by atoms with Crippen molar-refractivity contribution < 1.29 is 4.74 Å². The number of hydrogen-bond acceptors (Lipinski definition) is 3. The zero-order chi connectivity index (χ0) is 12.3. The third-order valence-corrected chi connectivity index (χ3v) is 3.51. The highest BCUT2D eigenvalue weighted by Gasteiger charge is 2.35. The molecule has 2 fully saturated rings. The van der Waals surface area contributed by atoms with Gasteiger partial charge in [0.2, 0.25) is 5.96 Å². The summed E-state index contributed by atoms with van der Waals surface area (Å²) in [5, 5.41) is 0. The van der Waals surface area contributed by atoms with Crippen LogP contribution in [0.5, 0.6) is 0 Å². The number of ether oxygens (including phenoxy) is 1. The lowest BCUT2D eigenvalue weighted by Crippen LogP contribution is -2.59. The standard InChI is InChI=1S/C12H24N4O/c1-9(2)14-12(15-13)16-7-8-17-11-6-4-3-5-10(11)16/h9-11H,3-8,13H2,1-2H3,(H,14,15). The highest BCUT2D eigenvalue weighted by atomic mass is 16.5. The van der Waals surface area contributed by atoms with Crippen LogP contribution in [0.3, 0.4) is 0 Å². The highest BCUT2D eigenvalue weighted by Crippen LogP contribution is 2.28. The van der Waals surface area contributed by atoms with Gasteiger partial charge in [-0.2, -0.15) is 0 Å². The average Bonchev–Trinajstić information content (AvgIpc) is 2.35. The second-order valence-electron chi connectivity index (χ2n) is 5.15. The summed E-state index contributed by atoms with van der Waals surface area (Å²) < 4.78 is 5.85. The topological polar surface area (TPSA) is 62.9 Å². The number of nitrogens with zero attached hydrogens (tertiary/aromatic N) is 2. The van der Waals surface area contributed by atoms with Gasteiger partial charge in [0.05, 0.1) is 18.8 Å². The molecule has 0 aromatic rings. The summed E-state index contributed by atoms with van der Waals surface area (Å²) in [7, 11) is 0. The van der Waals surface area contributed by atoms with Gasteiger partial charge in [0.25, 0.3) is 0 Å². The Labute approximate surface area is 103 Å². The number of nitrogens with one attached hydrogen (secondary N) is 1. The molecule has 5 nitrogen and oxygen atoms in total. The van der Waals surface area contributed by atoms with Crippen LogP contribution in [-0.2, 0) is 4.74 Å². The Hall–Kier alpha value is -0.810. The van der Waals surface area contributed by atoms with E-state index in [0.29, 0.717) is 12.1 Å². The third kappa shape index (κ3) is 2.90. The molecule has 2 unspecified atom stereocenters. The van der Waals surface area contributed by atoms with Gasteiger partial charge in [-0.15, -0.1) is 0 Å². The van der Waals surface area contributed by atoms with Crippen LogP contribution in [-0.4, -0.2) is 42.2 Å². The number of nitrogens with two attached hydrogens (primary N) is 1. The van der Waals surface area contributed by atoms with Crippen LogP contribution in [0.15, 0.2) is 4.99 Å². The van der Waals surface area contributed by atoms with E-state index in [4.69, 9.17) is 10.6 Å². The molecule has 0 aromatic carbocycles. The largest absolute Gasteiger partial charge is 0.374 e. The van der Waals surface area contributed by atoms with E-state index in [0.717, 1.165) is 19.1 Å². The fraction of sp³-hybridized carbons (Fsp3) is 0.917. The van der Waals surface area contributed by atoms with Crippen molar-refractivity contribution in [3.8, 4) is 0 Å². The Morgan fingerprint density at radius 2 is 2.18 bits per heavy atom. The minimum atomic E-state index is 0.255. The Morgan fingerprint density at radius 3 is 2.88 bits per heavy atom. The molecule has 0 bridgehead atoms. The van der Waals surface area contributed by atoms with E-state index in [1.165, 1.54) is 25.7 Å². The molecule has 98 valence electrons. The maximum atomic E-state index is 5.85. The van der Waals surface area contributed by atoms with Crippen LogP contribution in [0.2, 0.25) is 0 Å². The molecule has 2 atom stereocenters. The summed E-state index contributed by atoms with van der Waals surface area (Å²) >= 11 is 0. The van der Waals surface area contributed by atoms with Crippen LogP contribution in [0.25, 0.3) is 0 Å². The molecular weight excluding hydrogens is 216 g/mol. The first-order valence-corrected chi connectivity index (χ1v) is 6.65. The van der Waals surface area contributed by atoms with Gasteiger partial charge in [-0.05, 0) is 26.7 Å². The number of hydrazine groups is 1. The van der Waals surface area contributed by atoms with Crippen molar-refractivity contribution >= 4 is 5.96 Å². The van der Waals surface area contributed by atoms with Gasteiger partial charge in [-0.3, -0.25) is 5.43 Å². The lowest BCUT2D eigenvalue weighted by Gasteiger charge is -2.44. The lowest BCUT2D eigenvalue weighted by molar-refractivity contribution is -0.0648. The maximum Gasteiger partial charge on any atom is 0.209 e. The number of morpholine rings is 1. The first-order valence-electron chi connectivity index (χ1n) is 6.65. The van der Waals surface area contributed by atoms with Gasteiger partial charge >= 0.3 is 0 Å². The zero-order valence-electron chi connectivity index (χ0n) is 10.9. The fourth-order valence-electron chi connectivity index (χ4n) is 2.80. The SMILES string of the molecule is CC(C)N=C(NN)N1CCOC2CCCCC21. The van der Waals surface area contributed by atoms with Crippen molar-refractivity contribution in [3.63, 3.8) is 0 Å². The van der Waals surface area contributed by atoms with Crippen LogP contribution >= 0.6 is 0 Å². The van der Waals surface area contributed by atoms with Gasteiger partial charge in [-0.1, -0.05) is 12.8 Å². The van der Waals surface area contributed by atoms with E-state index in [1.807, 2.05) is 0 Å². The molecule has 0 radical (unpaired) electrons. The Balaban J connectivity index is 2.11. The predicted molar refractivity (Wildman–Crippen MR) is 68.6 cm³/mol. The first kappa shape index (κ1) is 12.6. The number of hydrogen-bond donors (Lipinski definition) is 2. The van der Waals surface area contributed by atoms with E-state index in [9.17, 15) is 0 Å². The fourth-order valence-corrected chi connectivity index (χ4v) is 2.80. The molecule has 0 amide bonds. The van der Waals surface area contributed by atoms with Crippen LogP contribution < -0.4 is 11.3 Å². The van der Waals surface area contributed by atoms with Crippen molar-refractivity contribution in [2.45, 2.75) is 57.7 Å². The maximum absolute atomic E-state index is 5.85. The number of fused-ring (bicyclic) bond motifs is 1. The minimum absolute atomic E-state index is 0.255. The van der Waals surface area contributed by atoms with E-state index in [1.54, 1.807) is 0 Å². The molecule has 1 saturated heterocycles. The first-order chi connectivity index (χ1) is 8.22. The highest BCUT2D eigenvalue weighted by molar-refractivity contribution is 5.80. The number of guanidine groups is 1.